The number of carbonyl (C=O) groups is 1. The Morgan fingerprint density at radius 3 is 1.88 bits per heavy atom. The zero-order valence-electron chi connectivity index (χ0n) is 7.87. The maximum Gasteiger partial charge on any atom is 0.276 e. The van der Waals surface area contributed by atoms with Gasteiger partial charge in [-0.25, -0.2) is 0 Å². The third-order valence-corrected chi connectivity index (χ3v) is 1.75. The van der Waals surface area contributed by atoms with E-state index >= 15 is 0 Å². The smallest absolute Gasteiger partial charge is 0.273 e. The third-order valence-electron chi connectivity index (χ3n) is 1.75. The lowest BCUT2D eigenvalue weighted by atomic mass is 10.1. The highest BCUT2D eigenvalue weighted by Crippen LogP contribution is 2.22. The molecule has 1 aromatic rings. The molecule has 0 aliphatic rings. The van der Waals surface area contributed by atoms with Crippen LogP contribution in [0.15, 0.2) is 18.2 Å². The number of rotatable bonds is 4. The zero-order valence-corrected chi connectivity index (χ0v) is 7.87. The van der Waals surface area contributed by atoms with Gasteiger partial charge in [0, 0.05) is 12.1 Å². The Bertz CT molecular complexity index is 438. The summed E-state index contributed by atoms with van der Waals surface area (Å²) >= 11 is 0. The van der Waals surface area contributed by atoms with Crippen molar-refractivity contribution in [1.82, 2.24) is 5.73 Å². The highest BCUT2D eigenvalue weighted by molar-refractivity contribution is 5.76. The molecule has 1 radical (unpaired) electrons. The van der Waals surface area contributed by atoms with Crippen molar-refractivity contribution in [1.29, 1.82) is 0 Å². The lowest BCUT2D eigenvalue weighted by Crippen LogP contribution is -2.04. The molecule has 8 nitrogen and oxygen atoms in total. The Hall–Kier alpha value is -2.51. The summed E-state index contributed by atoms with van der Waals surface area (Å²) in [6.45, 7) is 0. The quantitative estimate of drug-likeness (QED) is 0.553. The summed E-state index contributed by atoms with van der Waals surface area (Å²) in [5.74, 6) is -0.963. The molecule has 0 spiro atoms. The molecule has 0 atom stereocenters. The monoisotopic (exact) mass is 224 g/mol. The molecule has 16 heavy (non-hydrogen) atoms. The number of hydrogen-bond acceptors (Lipinski definition) is 5. The van der Waals surface area contributed by atoms with Gasteiger partial charge in [-0.2, -0.15) is 0 Å². The van der Waals surface area contributed by atoms with Crippen LogP contribution in [-0.4, -0.2) is 15.8 Å². The predicted octanol–water partition coefficient (Wildman–Crippen LogP) is 0.855. The van der Waals surface area contributed by atoms with Crippen LogP contribution in [-0.2, 0) is 11.2 Å². The van der Waals surface area contributed by atoms with Gasteiger partial charge in [0.05, 0.1) is 22.3 Å². The van der Waals surface area contributed by atoms with E-state index < -0.39 is 27.1 Å². The maximum atomic E-state index is 10.5. The molecule has 0 heterocycles. The first kappa shape index (κ1) is 11.6. The topological polar surface area (TPSA) is 127 Å². The largest absolute Gasteiger partial charge is 0.276 e. The molecule has 83 valence electrons. The molecule has 0 saturated heterocycles. The van der Waals surface area contributed by atoms with E-state index in [2.05, 4.69) is 0 Å². The molecule has 0 unspecified atom stereocenters. The second-order valence-electron chi connectivity index (χ2n) is 2.97. The minimum absolute atomic E-state index is 0.0842. The van der Waals surface area contributed by atoms with Crippen molar-refractivity contribution in [2.45, 2.75) is 6.42 Å². The lowest BCUT2D eigenvalue weighted by molar-refractivity contribution is -0.394. The standard InChI is InChI=1S/C8H6N3O5/c9-8(12)3-5-1-6(10(13)14)4-7(2-5)11(15)16/h1-2,4,9H,3H2. The van der Waals surface area contributed by atoms with Gasteiger partial charge in [-0.05, 0) is 5.56 Å². The summed E-state index contributed by atoms with van der Waals surface area (Å²) in [4.78, 5) is 29.9. The second kappa shape index (κ2) is 4.34. The highest BCUT2D eigenvalue weighted by Gasteiger charge is 2.17. The number of nitro groups is 2. The van der Waals surface area contributed by atoms with Gasteiger partial charge in [-0.1, -0.05) is 0 Å². The van der Waals surface area contributed by atoms with E-state index in [1.807, 2.05) is 0 Å². The van der Waals surface area contributed by atoms with Gasteiger partial charge < -0.3 is 0 Å². The molecule has 1 aromatic carbocycles. The molecule has 8 heteroatoms. The maximum absolute atomic E-state index is 10.5. The normalized spacial score (nSPS) is 9.75. The fourth-order valence-corrected chi connectivity index (χ4v) is 1.15. The third kappa shape index (κ3) is 2.74. The molecule has 1 amide bonds. The van der Waals surface area contributed by atoms with Crippen LogP contribution in [0.3, 0.4) is 0 Å². The predicted molar refractivity (Wildman–Crippen MR) is 51.6 cm³/mol. The van der Waals surface area contributed by atoms with Crippen LogP contribution in [0.4, 0.5) is 11.4 Å². The van der Waals surface area contributed by atoms with E-state index in [1.54, 1.807) is 0 Å². The van der Waals surface area contributed by atoms with Gasteiger partial charge >= 0.3 is 0 Å². The van der Waals surface area contributed by atoms with E-state index in [9.17, 15) is 25.0 Å². The summed E-state index contributed by atoms with van der Waals surface area (Å²) in [6, 6.07) is 2.89. The minimum atomic E-state index is -0.963. The van der Waals surface area contributed by atoms with Crippen molar-refractivity contribution in [3.63, 3.8) is 0 Å². The first-order valence-corrected chi connectivity index (χ1v) is 4.07. The fraction of sp³-hybridized carbons (Fsp3) is 0.125. The van der Waals surface area contributed by atoms with Crippen molar-refractivity contribution < 1.29 is 14.6 Å². The van der Waals surface area contributed by atoms with E-state index in [-0.39, 0.29) is 12.0 Å². The second-order valence-corrected chi connectivity index (χ2v) is 2.97. The van der Waals surface area contributed by atoms with Gasteiger partial charge in [0.25, 0.3) is 11.4 Å². The summed E-state index contributed by atoms with van der Waals surface area (Å²) in [6.07, 6.45) is -0.386. The Labute approximate surface area is 89.0 Å². The molecule has 0 aliphatic carbocycles. The van der Waals surface area contributed by atoms with E-state index in [1.165, 1.54) is 0 Å². The van der Waals surface area contributed by atoms with Crippen LogP contribution in [0, 0.1) is 20.2 Å². The molecule has 0 aliphatic heterocycles. The van der Waals surface area contributed by atoms with Crippen molar-refractivity contribution >= 4 is 17.3 Å². The molecule has 1 N–H and O–H groups in total. The van der Waals surface area contributed by atoms with Crippen molar-refractivity contribution in [2.24, 2.45) is 0 Å². The summed E-state index contributed by atoms with van der Waals surface area (Å²) in [5.41, 5.74) is 5.84. The Balaban J connectivity index is 3.23. The Kier molecular flexibility index (Phi) is 3.14. The number of benzene rings is 1. The van der Waals surface area contributed by atoms with Crippen LogP contribution in [0.5, 0.6) is 0 Å². The van der Waals surface area contributed by atoms with Gasteiger partial charge in [-0.3, -0.25) is 30.8 Å². The first-order chi connectivity index (χ1) is 7.40. The molecule has 1 rings (SSSR count). The van der Waals surface area contributed by atoms with Crippen LogP contribution in [0.2, 0.25) is 0 Å². The SMILES string of the molecule is [NH]C(=O)Cc1cc([N+](=O)[O-])cc([N+](=O)[O-])c1. The van der Waals surface area contributed by atoms with Gasteiger partial charge in [0.15, 0.2) is 0 Å². The lowest BCUT2D eigenvalue weighted by Gasteiger charge is -1.98. The minimum Gasteiger partial charge on any atom is -0.273 e. The van der Waals surface area contributed by atoms with Gasteiger partial charge in [-0.15, -0.1) is 0 Å². The molecular weight excluding hydrogens is 218 g/mol. The van der Waals surface area contributed by atoms with Gasteiger partial charge in [0.1, 0.15) is 0 Å². The first-order valence-electron chi connectivity index (χ1n) is 4.07. The number of hydrogen-bond donors (Lipinski definition) is 0. The van der Waals surface area contributed by atoms with Crippen molar-refractivity contribution in [3.05, 3.63) is 44.0 Å². The number of nitrogens with zero attached hydrogens (tertiary/aromatic N) is 2. The van der Waals surface area contributed by atoms with E-state index in [0.29, 0.717) is 0 Å². The van der Waals surface area contributed by atoms with Crippen LogP contribution in [0.25, 0.3) is 0 Å². The highest BCUT2D eigenvalue weighted by atomic mass is 16.6. The Morgan fingerprint density at radius 2 is 1.56 bits per heavy atom. The zero-order chi connectivity index (χ0) is 12.3. The van der Waals surface area contributed by atoms with Gasteiger partial charge in [0.2, 0.25) is 5.91 Å². The van der Waals surface area contributed by atoms with Crippen molar-refractivity contribution in [2.75, 3.05) is 0 Å². The number of carbonyl (C=O) groups excluding carboxylic acids is 1. The molecule has 0 aromatic heterocycles. The van der Waals surface area contributed by atoms with Crippen LogP contribution < -0.4 is 5.73 Å². The molecule has 0 saturated carbocycles. The van der Waals surface area contributed by atoms with Crippen molar-refractivity contribution in [3.8, 4) is 0 Å². The number of nitrogens with one attached hydrogen (secondary N) is 1. The average molecular weight is 224 g/mol. The number of amides is 1. The van der Waals surface area contributed by atoms with Crippen LogP contribution in [0.1, 0.15) is 5.56 Å². The molecular formula is C8H6N3O5. The Morgan fingerprint density at radius 1 is 1.12 bits per heavy atom. The van der Waals surface area contributed by atoms with Crippen LogP contribution >= 0.6 is 0 Å². The molecule has 0 fully saturated rings. The summed E-state index contributed by atoms with van der Waals surface area (Å²) < 4.78 is 0. The average Bonchev–Trinajstić information content (AvgIpc) is 2.15. The molecule has 0 bridgehead atoms. The number of non-ortho nitro benzene ring substituents is 2. The fourth-order valence-electron chi connectivity index (χ4n) is 1.15. The van der Waals surface area contributed by atoms with E-state index in [4.69, 9.17) is 5.73 Å². The summed E-state index contributed by atoms with van der Waals surface area (Å²) in [5, 5.41) is 20.9. The summed E-state index contributed by atoms with van der Waals surface area (Å²) in [7, 11) is 0. The van der Waals surface area contributed by atoms with E-state index in [0.717, 1.165) is 18.2 Å². The number of nitro benzene ring substituents is 2.